The summed E-state index contributed by atoms with van der Waals surface area (Å²) < 4.78 is 13.6. The monoisotopic (exact) mass is 295 g/mol. The summed E-state index contributed by atoms with van der Waals surface area (Å²) in [7, 11) is 0. The normalized spacial score (nSPS) is 10.4. The van der Waals surface area contributed by atoms with E-state index in [2.05, 4.69) is 20.7 Å². The topological polar surface area (TPSA) is 75.9 Å². The van der Waals surface area contributed by atoms with Crippen LogP contribution in [-0.2, 0) is 6.54 Å². The van der Waals surface area contributed by atoms with Crippen LogP contribution in [-0.4, -0.2) is 9.97 Å². The van der Waals surface area contributed by atoms with Crippen molar-refractivity contribution in [2.24, 2.45) is 5.84 Å². The van der Waals surface area contributed by atoms with Gasteiger partial charge in [0.05, 0.1) is 6.20 Å². The zero-order chi connectivity index (χ0) is 14.7. The molecule has 1 aromatic carbocycles. The summed E-state index contributed by atoms with van der Waals surface area (Å²) in [5.41, 5.74) is 4.51. The van der Waals surface area contributed by atoms with Gasteiger partial charge in [-0.2, -0.15) is 4.98 Å². The van der Waals surface area contributed by atoms with E-state index in [0.717, 1.165) is 5.56 Å². The van der Waals surface area contributed by atoms with Crippen molar-refractivity contribution in [3.8, 4) is 0 Å². The third kappa shape index (κ3) is 3.15. The number of aryl methyl sites for hydroxylation is 2. The first kappa shape index (κ1) is 14.5. The standard InChI is InChI=1S/C13H15ClFN5/c1-7-3-9(4-8(2)11(7)15)5-17-12-10(14)6-18-13(19-12)20-16/h3-4,6H,5,16H2,1-2H3,(H2,17,18,19,20). The van der Waals surface area contributed by atoms with Crippen molar-refractivity contribution >= 4 is 23.4 Å². The molecule has 0 radical (unpaired) electrons. The van der Waals surface area contributed by atoms with E-state index in [4.69, 9.17) is 17.4 Å². The van der Waals surface area contributed by atoms with Gasteiger partial charge in [0.2, 0.25) is 5.95 Å². The van der Waals surface area contributed by atoms with Crippen molar-refractivity contribution in [1.29, 1.82) is 0 Å². The van der Waals surface area contributed by atoms with E-state index in [1.165, 1.54) is 6.20 Å². The lowest BCUT2D eigenvalue weighted by atomic mass is 10.1. The molecule has 106 valence electrons. The fourth-order valence-electron chi connectivity index (χ4n) is 1.88. The fraction of sp³-hybridized carbons (Fsp3) is 0.231. The van der Waals surface area contributed by atoms with Gasteiger partial charge < -0.3 is 5.32 Å². The second kappa shape index (κ2) is 6.02. The van der Waals surface area contributed by atoms with E-state index in [1.807, 2.05) is 0 Å². The lowest BCUT2D eigenvalue weighted by molar-refractivity contribution is 0.608. The minimum absolute atomic E-state index is 0.177. The Morgan fingerprint density at radius 3 is 2.55 bits per heavy atom. The van der Waals surface area contributed by atoms with E-state index in [0.29, 0.717) is 28.5 Å². The highest BCUT2D eigenvalue weighted by Crippen LogP contribution is 2.21. The van der Waals surface area contributed by atoms with E-state index in [1.54, 1.807) is 26.0 Å². The molecule has 0 aliphatic carbocycles. The van der Waals surface area contributed by atoms with Gasteiger partial charge in [-0.15, -0.1) is 0 Å². The van der Waals surface area contributed by atoms with Crippen LogP contribution in [0.4, 0.5) is 16.2 Å². The number of benzene rings is 1. The number of hydrogen-bond acceptors (Lipinski definition) is 5. The smallest absolute Gasteiger partial charge is 0.239 e. The number of nitrogens with two attached hydrogens (primary N) is 1. The Balaban J connectivity index is 2.16. The van der Waals surface area contributed by atoms with Gasteiger partial charge in [0.15, 0.2) is 5.82 Å². The SMILES string of the molecule is Cc1cc(CNc2nc(NN)ncc2Cl)cc(C)c1F. The zero-order valence-electron chi connectivity index (χ0n) is 11.2. The minimum atomic E-state index is -0.177. The van der Waals surface area contributed by atoms with Crippen LogP contribution >= 0.6 is 11.6 Å². The predicted molar refractivity (Wildman–Crippen MR) is 78.1 cm³/mol. The van der Waals surface area contributed by atoms with Gasteiger partial charge in [0.25, 0.3) is 0 Å². The molecule has 0 spiro atoms. The molecule has 0 fully saturated rings. The molecule has 2 aromatic rings. The molecular formula is C13H15ClFN5. The lowest BCUT2D eigenvalue weighted by Crippen LogP contribution is -2.12. The van der Waals surface area contributed by atoms with Crippen LogP contribution in [0.2, 0.25) is 5.02 Å². The van der Waals surface area contributed by atoms with Crippen LogP contribution in [0, 0.1) is 19.7 Å². The molecule has 0 bridgehead atoms. The molecule has 7 heteroatoms. The predicted octanol–water partition coefficient (Wildman–Crippen LogP) is 2.78. The van der Waals surface area contributed by atoms with Crippen LogP contribution in [0.25, 0.3) is 0 Å². The van der Waals surface area contributed by atoms with Crippen molar-refractivity contribution in [2.75, 3.05) is 10.7 Å². The Labute approximate surface area is 121 Å². The molecular weight excluding hydrogens is 281 g/mol. The molecule has 4 N–H and O–H groups in total. The maximum Gasteiger partial charge on any atom is 0.239 e. The lowest BCUT2D eigenvalue weighted by Gasteiger charge is -2.10. The van der Waals surface area contributed by atoms with Crippen molar-refractivity contribution in [3.63, 3.8) is 0 Å². The van der Waals surface area contributed by atoms with Crippen LogP contribution in [0.5, 0.6) is 0 Å². The third-order valence-corrected chi connectivity index (χ3v) is 3.11. The number of nitrogens with one attached hydrogen (secondary N) is 2. The maximum atomic E-state index is 13.6. The van der Waals surface area contributed by atoms with Crippen molar-refractivity contribution in [1.82, 2.24) is 9.97 Å². The highest BCUT2D eigenvalue weighted by atomic mass is 35.5. The molecule has 0 saturated carbocycles. The maximum absolute atomic E-state index is 13.6. The van der Waals surface area contributed by atoms with E-state index in [9.17, 15) is 4.39 Å². The molecule has 0 aliphatic heterocycles. The van der Waals surface area contributed by atoms with Gasteiger partial charge in [-0.1, -0.05) is 23.7 Å². The van der Waals surface area contributed by atoms with Crippen molar-refractivity contribution in [3.05, 3.63) is 45.9 Å². The number of nitrogen functional groups attached to an aromatic ring is 1. The van der Waals surface area contributed by atoms with E-state index in [-0.39, 0.29) is 11.8 Å². The van der Waals surface area contributed by atoms with Gasteiger partial charge in [0.1, 0.15) is 10.8 Å². The fourth-order valence-corrected chi connectivity index (χ4v) is 2.04. The highest BCUT2D eigenvalue weighted by Gasteiger charge is 2.07. The molecule has 1 aromatic heterocycles. The van der Waals surface area contributed by atoms with Gasteiger partial charge in [-0.3, -0.25) is 5.43 Å². The van der Waals surface area contributed by atoms with Gasteiger partial charge >= 0.3 is 0 Å². The van der Waals surface area contributed by atoms with Crippen LogP contribution in [0.15, 0.2) is 18.3 Å². The Morgan fingerprint density at radius 1 is 1.30 bits per heavy atom. The molecule has 1 heterocycles. The summed E-state index contributed by atoms with van der Waals surface area (Å²) in [6.07, 6.45) is 1.45. The van der Waals surface area contributed by atoms with Crippen molar-refractivity contribution < 1.29 is 4.39 Å². The summed E-state index contributed by atoms with van der Waals surface area (Å²) in [5, 5.41) is 3.47. The number of halogens is 2. The average molecular weight is 296 g/mol. The van der Waals surface area contributed by atoms with Gasteiger partial charge in [-0.25, -0.2) is 15.2 Å². The number of hydrogen-bond donors (Lipinski definition) is 3. The molecule has 2 rings (SSSR count). The third-order valence-electron chi connectivity index (χ3n) is 2.83. The van der Waals surface area contributed by atoms with Gasteiger partial charge in [0, 0.05) is 6.54 Å². The Hall–Kier alpha value is -1.92. The molecule has 0 saturated heterocycles. The van der Waals surface area contributed by atoms with Crippen molar-refractivity contribution in [2.45, 2.75) is 20.4 Å². The molecule has 0 aliphatic rings. The summed E-state index contributed by atoms with van der Waals surface area (Å²) in [5.74, 6) is 5.80. The second-order valence-corrected chi connectivity index (χ2v) is 4.84. The second-order valence-electron chi connectivity index (χ2n) is 4.43. The molecule has 0 atom stereocenters. The number of rotatable bonds is 4. The molecule has 0 unspecified atom stereocenters. The van der Waals surface area contributed by atoms with Crippen LogP contribution in [0.1, 0.15) is 16.7 Å². The number of aromatic nitrogens is 2. The summed E-state index contributed by atoms with van der Waals surface area (Å²) >= 11 is 5.99. The summed E-state index contributed by atoms with van der Waals surface area (Å²) in [6.45, 7) is 3.95. The van der Waals surface area contributed by atoms with E-state index >= 15 is 0 Å². The first-order valence-electron chi connectivity index (χ1n) is 6.00. The summed E-state index contributed by atoms with van der Waals surface area (Å²) in [4.78, 5) is 7.99. The quantitative estimate of drug-likeness (QED) is 0.597. The van der Waals surface area contributed by atoms with Crippen LogP contribution in [0.3, 0.4) is 0 Å². The number of nitrogens with zero attached hydrogens (tertiary/aromatic N) is 2. The highest BCUT2D eigenvalue weighted by molar-refractivity contribution is 6.32. The largest absolute Gasteiger partial charge is 0.365 e. The number of anilines is 2. The minimum Gasteiger partial charge on any atom is -0.365 e. The van der Waals surface area contributed by atoms with Crippen LogP contribution < -0.4 is 16.6 Å². The zero-order valence-corrected chi connectivity index (χ0v) is 11.9. The Kier molecular flexibility index (Phi) is 4.36. The summed E-state index contributed by atoms with van der Waals surface area (Å²) in [6, 6.07) is 3.57. The molecule has 20 heavy (non-hydrogen) atoms. The average Bonchev–Trinajstić information content (AvgIpc) is 2.43. The molecule has 0 amide bonds. The molecule has 5 nitrogen and oxygen atoms in total. The number of hydrazine groups is 1. The Morgan fingerprint density at radius 2 is 1.95 bits per heavy atom. The first-order valence-corrected chi connectivity index (χ1v) is 6.37. The first-order chi connectivity index (χ1) is 9.51. The Bertz CT molecular complexity index is 609. The van der Waals surface area contributed by atoms with E-state index < -0.39 is 0 Å². The van der Waals surface area contributed by atoms with Gasteiger partial charge in [-0.05, 0) is 30.5 Å².